The van der Waals surface area contributed by atoms with Gasteiger partial charge in [0.15, 0.2) is 11.4 Å². The van der Waals surface area contributed by atoms with E-state index in [0.717, 1.165) is 30.3 Å². The first kappa shape index (κ1) is 19.9. The number of halogens is 4. The Morgan fingerprint density at radius 2 is 1.72 bits per heavy atom. The summed E-state index contributed by atoms with van der Waals surface area (Å²) in [4.78, 5) is 0. The van der Waals surface area contributed by atoms with Gasteiger partial charge in [0.25, 0.3) is 0 Å². The van der Waals surface area contributed by atoms with E-state index in [2.05, 4.69) is 22.3 Å². The topological polar surface area (TPSA) is 50.9 Å². The molecule has 4 rings (SSSR count). The summed E-state index contributed by atoms with van der Waals surface area (Å²) in [6.07, 6.45) is -2.92. The molecule has 0 bridgehead atoms. The van der Waals surface area contributed by atoms with Gasteiger partial charge < -0.3 is 9.67 Å². The molecule has 8 heteroatoms. The number of aromatic nitrogens is 3. The predicted molar refractivity (Wildman–Crippen MR) is 104 cm³/mol. The van der Waals surface area contributed by atoms with Gasteiger partial charge in [-0.1, -0.05) is 48.0 Å². The first-order chi connectivity index (χ1) is 13.6. The lowest BCUT2D eigenvalue weighted by Gasteiger charge is -2.27. The monoisotopic (exact) mass is 421 g/mol. The van der Waals surface area contributed by atoms with Crippen molar-refractivity contribution in [3.8, 4) is 11.4 Å². The van der Waals surface area contributed by atoms with Gasteiger partial charge in [-0.05, 0) is 43.0 Å². The van der Waals surface area contributed by atoms with Gasteiger partial charge in [0.1, 0.15) is 5.82 Å². The average Bonchev–Trinajstić information content (AvgIpc) is 3.39. The predicted octanol–water partition coefficient (Wildman–Crippen LogP) is 4.99. The lowest BCUT2D eigenvalue weighted by Crippen LogP contribution is -2.39. The molecule has 1 aliphatic rings. The summed E-state index contributed by atoms with van der Waals surface area (Å²) < 4.78 is 41.2. The van der Waals surface area contributed by atoms with E-state index in [9.17, 15) is 18.3 Å². The molecule has 1 N–H and O–H groups in total. The summed E-state index contributed by atoms with van der Waals surface area (Å²) in [7, 11) is 1.82. The lowest BCUT2D eigenvalue weighted by molar-refractivity contribution is -0.258. The number of hydrogen-bond acceptors (Lipinski definition) is 3. The van der Waals surface area contributed by atoms with Crippen LogP contribution in [0.4, 0.5) is 13.2 Å². The van der Waals surface area contributed by atoms with Gasteiger partial charge in [-0.25, -0.2) is 0 Å². The fraction of sp³-hybridized carbons (Fsp3) is 0.333. The highest BCUT2D eigenvalue weighted by molar-refractivity contribution is 6.33. The third kappa shape index (κ3) is 3.13. The van der Waals surface area contributed by atoms with Crippen molar-refractivity contribution in [1.29, 1.82) is 0 Å². The van der Waals surface area contributed by atoms with Crippen LogP contribution in [-0.4, -0.2) is 26.0 Å². The minimum absolute atomic E-state index is 0.0682. The molecule has 4 nitrogen and oxygen atoms in total. The van der Waals surface area contributed by atoms with Crippen LogP contribution in [0.15, 0.2) is 48.5 Å². The van der Waals surface area contributed by atoms with E-state index in [0.29, 0.717) is 18.3 Å². The van der Waals surface area contributed by atoms with Gasteiger partial charge in [-0.3, -0.25) is 0 Å². The zero-order valence-corrected chi connectivity index (χ0v) is 16.6. The van der Waals surface area contributed by atoms with Crippen molar-refractivity contribution in [3.05, 3.63) is 70.5 Å². The van der Waals surface area contributed by atoms with Crippen molar-refractivity contribution >= 4 is 11.6 Å². The molecule has 1 heterocycles. The summed E-state index contributed by atoms with van der Waals surface area (Å²) >= 11 is 6.29. The zero-order valence-electron chi connectivity index (χ0n) is 15.8. The van der Waals surface area contributed by atoms with E-state index in [1.165, 1.54) is 12.1 Å². The van der Waals surface area contributed by atoms with Crippen LogP contribution in [0.2, 0.25) is 5.02 Å². The van der Waals surface area contributed by atoms with Crippen molar-refractivity contribution in [1.82, 2.24) is 14.8 Å². The molecular weight excluding hydrogens is 403 g/mol. The Morgan fingerprint density at radius 1 is 1.07 bits per heavy atom. The van der Waals surface area contributed by atoms with Crippen LogP contribution >= 0.6 is 11.6 Å². The molecule has 1 saturated carbocycles. The van der Waals surface area contributed by atoms with E-state index < -0.39 is 11.8 Å². The second-order valence-corrected chi connectivity index (χ2v) is 8.03. The molecule has 1 aliphatic carbocycles. The van der Waals surface area contributed by atoms with Crippen molar-refractivity contribution in [2.75, 3.05) is 0 Å². The van der Waals surface area contributed by atoms with Gasteiger partial charge in [0.05, 0.1) is 10.4 Å². The molecule has 0 aliphatic heterocycles. The second kappa shape index (κ2) is 6.57. The first-order valence-electron chi connectivity index (χ1n) is 9.13. The molecule has 1 atom stereocenters. The third-order valence-electron chi connectivity index (χ3n) is 5.70. The van der Waals surface area contributed by atoms with E-state index in [1.807, 2.05) is 29.8 Å². The Balaban J connectivity index is 1.73. The molecule has 1 aromatic heterocycles. The largest absolute Gasteiger partial charge is 0.421 e. The maximum Gasteiger partial charge on any atom is 0.421 e. The minimum atomic E-state index is -4.82. The van der Waals surface area contributed by atoms with Crippen LogP contribution in [0.5, 0.6) is 0 Å². The summed E-state index contributed by atoms with van der Waals surface area (Å²) in [6, 6.07) is 13.8. The summed E-state index contributed by atoms with van der Waals surface area (Å²) in [5.74, 6) is 1.26. The number of benzene rings is 2. The molecule has 0 saturated heterocycles. The molecular formula is C21H19ClF3N3O. The molecule has 152 valence electrons. The van der Waals surface area contributed by atoms with Crippen LogP contribution in [-0.2, 0) is 18.1 Å². The Morgan fingerprint density at radius 3 is 2.28 bits per heavy atom. The third-order valence-corrected chi connectivity index (χ3v) is 6.02. The van der Waals surface area contributed by atoms with Gasteiger partial charge in [0, 0.05) is 12.6 Å². The quantitative estimate of drug-likeness (QED) is 0.646. The molecule has 1 unspecified atom stereocenters. The van der Waals surface area contributed by atoms with Crippen molar-refractivity contribution in [3.63, 3.8) is 0 Å². The number of hydrogen-bond donors (Lipinski definition) is 1. The summed E-state index contributed by atoms with van der Waals surface area (Å²) in [6.45, 7) is 0.704. The zero-order chi connectivity index (χ0) is 21.0. The van der Waals surface area contributed by atoms with Gasteiger partial charge in [-0.15, -0.1) is 10.2 Å². The fourth-order valence-corrected chi connectivity index (χ4v) is 3.93. The number of aliphatic hydroxyl groups is 1. The first-order valence-corrected chi connectivity index (χ1v) is 9.50. The fourth-order valence-electron chi connectivity index (χ4n) is 3.67. The SMILES string of the molecule is Cn1c(-c2ccc(C(C)(O)C(F)(F)F)cc2Cl)nnc1C1(c2ccccc2)CC1. The van der Waals surface area contributed by atoms with Crippen molar-refractivity contribution in [2.45, 2.75) is 37.0 Å². The van der Waals surface area contributed by atoms with Crippen molar-refractivity contribution in [2.24, 2.45) is 7.05 Å². The highest BCUT2D eigenvalue weighted by Gasteiger charge is 2.52. The van der Waals surface area contributed by atoms with Crippen LogP contribution < -0.4 is 0 Å². The highest BCUT2D eigenvalue weighted by Crippen LogP contribution is 2.53. The average molecular weight is 422 g/mol. The van der Waals surface area contributed by atoms with Gasteiger partial charge in [0.2, 0.25) is 0 Å². The number of nitrogens with zero attached hydrogens (tertiary/aromatic N) is 3. The number of rotatable bonds is 4. The minimum Gasteiger partial charge on any atom is -0.376 e. The van der Waals surface area contributed by atoms with Crippen molar-refractivity contribution < 1.29 is 18.3 Å². The Labute approximate surface area is 171 Å². The van der Waals surface area contributed by atoms with Crippen LogP contribution in [0.25, 0.3) is 11.4 Å². The van der Waals surface area contributed by atoms with E-state index >= 15 is 0 Å². The maximum atomic E-state index is 13.1. The van der Waals surface area contributed by atoms with Gasteiger partial charge in [-0.2, -0.15) is 13.2 Å². The molecule has 0 amide bonds. The lowest BCUT2D eigenvalue weighted by atomic mass is 9.94. The second-order valence-electron chi connectivity index (χ2n) is 7.62. The summed E-state index contributed by atoms with van der Waals surface area (Å²) in [5, 5.41) is 18.6. The molecule has 2 aromatic carbocycles. The maximum absolute atomic E-state index is 13.1. The standard InChI is InChI=1S/C21H19ClF3N3O/c1-19(29,21(23,24)25)14-8-9-15(16(22)12-14)17-26-27-18(28(17)2)20(10-11-20)13-6-4-3-5-7-13/h3-9,12,29H,10-11H2,1-2H3. The Hall–Kier alpha value is -2.38. The smallest absolute Gasteiger partial charge is 0.376 e. The van der Waals surface area contributed by atoms with E-state index in [4.69, 9.17) is 11.6 Å². The highest BCUT2D eigenvalue weighted by atomic mass is 35.5. The van der Waals surface area contributed by atoms with Crippen LogP contribution in [0, 0.1) is 0 Å². The molecule has 1 fully saturated rings. The van der Waals surface area contributed by atoms with E-state index in [-0.39, 0.29) is 16.0 Å². The Kier molecular flexibility index (Phi) is 4.51. The molecule has 29 heavy (non-hydrogen) atoms. The van der Waals surface area contributed by atoms with Crippen LogP contribution in [0.3, 0.4) is 0 Å². The summed E-state index contributed by atoms with van der Waals surface area (Å²) in [5.41, 5.74) is -1.91. The Bertz CT molecular complexity index is 1060. The van der Waals surface area contributed by atoms with Gasteiger partial charge >= 0.3 is 6.18 Å². The number of alkyl halides is 3. The molecule has 0 radical (unpaired) electrons. The normalized spacial score (nSPS) is 17.8. The van der Waals surface area contributed by atoms with Crippen LogP contribution in [0.1, 0.15) is 36.7 Å². The molecule has 3 aromatic rings. The molecule has 0 spiro atoms. The van der Waals surface area contributed by atoms with E-state index in [1.54, 1.807) is 0 Å².